The molecule has 0 radical (unpaired) electrons. The van der Waals surface area contributed by atoms with E-state index in [1.807, 2.05) is 0 Å². The van der Waals surface area contributed by atoms with E-state index in [0.717, 1.165) is 6.54 Å². The number of rotatable bonds is 1. The van der Waals surface area contributed by atoms with Gasteiger partial charge in [-0.05, 0) is 0 Å². The van der Waals surface area contributed by atoms with Gasteiger partial charge in [0, 0.05) is 6.21 Å². The maximum atomic E-state index is 4.79. The molecular weight excluding hydrogens is 104 g/mol. The van der Waals surface area contributed by atoms with Crippen molar-refractivity contribution in [3.05, 3.63) is 12.1 Å². The minimum atomic E-state index is 0.635. The molecular formula is C5H8N2O. The lowest BCUT2D eigenvalue weighted by atomic mass is 10.6. The molecule has 0 amide bonds. The monoisotopic (exact) mass is 112 g/mol. The summed E-state index contributed by atoms with van der Waals surface area (Å²) in [6.07, 6.45) is 3.50. The van der Waals surface area contributed by atoms with E-state index in [1.54, 1.807) is 19.5 Å². The van der Waals surface area contributed by atoms with Crippen molar-refractivity contribution < 1.29 is 4.74 Å². The minimum Gasteiger partial charge on any atom is -0.480 e. The summed E-state index contributed by atoms with van der Waals surface area (Å²) in [6, 6.07) is 0. The molecule has 0 aromatic rings. The first-order valence-electron chi connectivity index (χ1n) is 2.43. The first kappa shape index (κ1) is 5.15. The zero-order valence-electron chi connectivity index (χ0n) is 4.72. The van der Waals surface area contributed by atoms with Gasteiger partial charge >= 0.3 is 0 Å². The number of nitrogens with one attached hydrogen (secondary N) is 1. The fourth-order valence-corrected chi connectivity index (χ4v) is 0.483. The summed E-state index contributed by atoms with van der Waals surface area (Å²) in [7, 11) is 1.59. The second kappa shape index (κ2) is 2.35. The third-order valence-electron chi connectivity index (χ3n) is 0.862. The summed E-state index contributed by atoms with van der Waals surface area (Å²) in [6.45, 7) is 0.798. The Labute approximate surface area is 48.1 Å². The van der Waals surface area contributed by atoms with Gasteiger partial charge in [-0.25, -0.2) is 4.99 Å². The van der Waals surface area contributed by atoms with E-state index in [0.29, 0.717) is 5.88 Å². The van der Waals surface area contributed by atoms with E-state index in [2.05, 4.69) is 10.3 Å². The third kappa shape index (κ3) is 0.992. The van der Waals surface area contributed by atoms with Crippen LogP contribution in [0.5, 0.6) is 0 Å². The highest BCUT2D eigenvalue weighted by Crippen LogP contribution is 1.95. The second-order valence-electron chi connectivity index (χ2n) is 1.41. The Morgan fingerprint density at radius 3 is 3.12 bits per heavy atom. The Bertz CT molecular complexity index is 128. The van der Waals surface area contributed by atoms with Crippen molar-refractivity contribution in [1.82, 2.24) is 5.32 Å². The molecule has 1 N–H and O–H groups in total. The topological polar surface area (TPSA) is 33.6 Å². The molecule has 3 nitrogen and oxygen atoms in total. The summed E-state index contributed by atoms with van der Waals surface area (Å²) in [4.78, 5) is 3.90. The number of ether oxygens (including phenoxy) is 1. The van der Waals surface area contributed by atoms with Crippen LogP contribution in [-0.4, -0.2) is 19.9 Å². The fourth-order valence-electron chi connectivity index (χ4n) is 0.483. The summed E-state index contributed by atoms with van der Waals surface area (Å²) in [5.74, 6) is 0.635. The number of methoxy groups -OCH3 is 1. The van der Waals surface area contributed by atoms with Gasteiger partial charge in [-0.3, -0.25) is 0 Å². The molecule has 0 unspecified atom stereocenters. The van der Waals surface area contributed by atoms with Crippen LogP contribution < -0.4 is 5.32 Å². The van der Waals surface area contributed by atoms with Crippen LogP contribution in [0.15, 0.2) is 17.1 Å². The predicted octanol–water partition coefficient (Wildman–Crippen LogP) is 0.106. The minimum absolute atomic E-state index is 0.635. The van der Waals surface area contributed by atoms with Crippen LogP contribution in [0.3, 0.4) is 0 Å². The van der Waals surface area contributed by atoms with Gasteiger partial charge < -0.3 is 10.1 Å². The molecule has 1 aliphatic rings. The van der Waals surface area contributed by atoms with Crippen LogP contribution >= 0.6 is 0 Å². The molecule has 0 aromatic heterocycles. The third-order valence-corrected chi connectivity index (χ3v) is 0.862. The summed E-state index contributed by atoms with van der Waals surface area (Å²) in [5, 5.41) is 2.95. The van der Waals surface area contributed by atoms with Crippen molar-refractivity contribution in [2.24, 2.45) is 4.99 Å². The Hall–Kier alpha value is -0.990. The number of aliphatic imine (C=N–C) groups is 1. The molecule has 1 rings (SSSR count). The van der Waals surface area contributed by atoms with Gasteiger partial charge in [-0.15, -0.1) is 0 Å². The van der Waals surface area contributed by atoms with Crippen LogP contribution in [0.1, 0.15) is 0 Å². The molecule has 0 bridgehead atoms. The first-order valence-corrected chi connectivity index (χ1v) is 2.43. The summed E-state index contributed by atoms with van der Waals surface area (Å²) >= 11 is 0. The van der Waals surface area contributed by atoms with Crippen molar-refractivity contribution >= 4 is 6.21 Å². The largest absolute Gasteiger partial charge is 0.480 e. The maximum absolute atomic E-state index is 4.79. The molecule has 44 valence electrons. The number of hydrogen-bond acceptors (Lipinski definition) is 3. The highest BCUT2D eigenvalue weighted by molar-refractivity contribution is 5.62. The van der Waals surface area contributed by atoms with Gasteiger partial charge in [0.15, 0.2) is 0 Å². The average molecular weight is 112 g/mol. The lowest BCUT2D eigenvalue weighted by Gasteiger charge is -2.04. The van der Waals surface area contributed by atoms with Crippen molar-refractivity contribution in [1.29, 1.82) is 0 Å². The molecule has 1 heterocycles. The van der Waals surface area contributed by atoms with E-state index in [4.69, 9.17) is 4.74 Å². The molecule has 0 atom stereocenters. The second-order valence-corrected chi connectivity index (χ2v) is 1.41. The van der Waals surface area contributed by atoms with Crippen LogP contribution in [-0.2, 0) is 4.74 Å². The van der Waals surface area contributed by atoms with E-state index in [-0.39, 0.29) is 0 Å². The van der Waals surface area contributed by atoms with Crippen molar-refractivity contribution in [2.75, 3.05) is 13.7 Å². The van der Waals surface area contributed by atoms with Crippen LogP contribution in [0.2, 0.25) is 0 Å². The average Bonchev–Trinajstić information content (AvgIpc) is 1.90. The molecule has 1 aliphatic heterocycles. The summed E-state index contributed by atoms with van der Waals surface area (Å²) in [5.41, 5.74) is 0. The highest BCUT2D eigenvalue weighted by atomic mass is 16.5. The molecule has 8 heavy (non-hydrogen) atoms. The van der Waals surface area contributed by atoms with Crippen molar-refractivity contribution in [3.8, 4) is 0 Å². The lowest BCUT2D eigenvalue weighted by molar-refractivity contribution is 0.284. The van der Waals surface area contributed by atoms with E-state index >= 15 is 0 Å². The van der Waals surface area contributed by atoms with Crippen LogP contribution in [0, 0.1) is 0 Å². The number of hydrogen-bond donors (Lipinski definition) is 1. The molecule has 0 spiro atoms. The van der Waals surface area contributed by atoms with Gasteiger partial charge in [0.1, 0.15) is 0 Å². The quantitative estimate of drug-likeness (QED) is 0.522. The summed E-state index contributed by atoms with van der Waals surface area (Å²) < 4.78 is 4.79. The van der Waals surface area contributed by atoms with Crippen LogP contribution in [0.4, 0.5) is 0 Å². The Morgan fingerprint density at radius 1 is 1.88 bits per heavy atom. The van der Waals surface area contributed by atoms with Gasteiger partial charge in [0.2, 0.25) is 5.88 Å². The van der Waals surface area contributed by atoms with Crippen LogP contribution in [0.25, 0.3) is 0 Å². The predicted molar refractivity (Wildman–Crippen MR) is 31.6 cm³/mol. The van der Waals surface area contributed by atoms with E-state index in [1.165, 1.54) is 0 Å². The van der Waals surface area contributed by atoms with E-state index < -0.39 is 0 Å². The highest BCUT2D eigenvalue weighted by Gasteiger charge is 1.92. The normalized spacial score (nSPS) is 16.9. The Morgan fingerprint density at radius 2 is 2.75 bits per heavy atom. The SMILES string of the molecule is COC1=CNCC=N1. The number of nitrogens with zero attached hydrogens (tertiary/aromatic N) is 1. The van der Waals surface area contributed by atoms with Crippen molar-refractivity contribution in [2.45, 2.75) is 0 Å². The molecule has 0 saturated heterocycles. The molecule has 0 saturated carbocycles. The zero-order chi connectivity index (χ0) is 5.82. The molecule has 0 aromatic carbocycles. The lowest BCUT2D eigenvalue weighted by Crippen LogP contribution is -2.13. The van der Waals surface area contributed by atoms with Gasteiger partial charge in [-0.1, -0.05) is 0 Å². The van der Waals surface area contributed by atoms with Gasteiger partial charge in [-0.2, -0.15) is 0 Å². The van der Waals surface area contributed by atoms with E-state index in [9.17, 15) is 0 Å². The van der Waals surface area contributed by atoms with Gasteiger partial charge in [0.25, 0.3) is 0 Å². The Kier molecular flexibility index (Phi) is 1.51. The zero-order valence-corrected chi connectivity index (χ0v) is 4.72. The van der Waals surface area contributed by atoms with Gasteiger partial charge in [0.05, 0.1) is 19.9 Å². The molecule has 0 fully saturated rings. The Balaban J connectivity index is 2.51. The maximum Gasteiger partial charge on any atom is 0.229 e. The smallest absolute Gasteiger partial charge is 0.229 e. The fraction of sp³-hybridized carbons (Fsp3) is 0.400. The first-order chi connectivity index (χ1) is 3.93. The molecule has 0 aliphatic carbocycles. The standard InChI is InChI=1S/C5H8N2O/c1-8-5-4-6-2-3-7-5/h3-4,6H,2H2,1H3. The van der Waals surface area contributed by atoms with Crippen molar-refractivity contribution in [3.63, 3.8) is 0 Å². The molecule has 3 heteroatoms.